The van der Waals surface area contributed by atoms with Crippen LogP contribution in [0.4, 0.5) is 0 Å². The largest absolute Gasteiger partial charge is 0.352 e. The number of pyridine rings is 1. The van der Waals surface area contributed by atoms with Gasteiger partial charge in [0.1, 0.15) is 11.8 Å². The van der Waals surface area contributed by atoms with Crippen molar-refractivity contribution in [3.8, 4) is 17.2 Å². The van der Waals surface area contributed by atoms with Gasteiger partial charge in [-0.05, 0) is 12.1 Å². The summed E-state index contributed by atoms with van der Waals surface area (Å²) in [6.45, 7) is 0. The maximum Gasteiger partial charge on any atom is 0.118 e. The molecule has 0 spiro atoms. The SMILES string of the molecule is N#Cc1cc(-c2cccnc2)c[nH]1. The van der Waals surface area contributed by atoms with Crippen LogP contribution >= 0.6 is 0 Å². The molecular formula is C10H7N3. The van der Waals surface area contributed by atoms with Crippen LogP contribution in [0.2, 0.25) is 0 Å². The van der Waals surface area contributed by atoms with Gasteiger partial charge in [0.15, 0.2) is 0 Å². The van der Waals surface area contributed by atoms with Gasteiger partial charge in [0.2, 0.25) is 0 Å². The molecule has 2 heterocycles. The van der Waals surface area contributed by atoms with E-state index in [1.165, 1.54) is 0 Å². The van der Waals surface area contributed by atoms with E-state index < -0.39 is 0 Å². The molecule has 13 heavy (non-hydrogen) atoms. The van der Waals surface area contributed by atoms with Crippen LogP contribution < -0.4 is 0 Å². The molecule has 0 aromatic carbocycles. The molecule has 3 nitrogen and oxygen atoms in total. The quantitative estimate of drug-likeness (QED) is 0.709. The smallest absolute Gasteiger partial charge is 0.118 e. The molecule has 0 aliphatic rings. The summed E-state index contributed by atoms with van der Waals surface area (Å²) in [6, 6.07) is 7.67. The fraction of sp³-hybridized carbons (Fsp3) is 0. The second-order valence-electron chi connectivity index (χ2n) is 2.66. The molecule has 0 bridgehead atoms. The summed E-state index contributed by atoms with van der Waals surface area (Å²) < 4.78 is 0. The molecule has 62 valence electrons. The zero-order valence-electron chi connectivity index (χ0n) is 6.86. The van der Waals surface area contributed by atoms with E-state index in [0.717, 1.165) is 11.1 Å². The van der Waals surface area contributed by atoms with Crippen molar-refractivity contribution < 1.29 is 0 Å². The highest BCUT2D eigenvalue weighted by molar-refractivity contribution is 5.63. The van der Waals surface area contributed by atoms with Crippen molar-refractivity contribution in [2.75, 3.05) is 0 Å². The van der Waals surface area contributed by atoms with E-state index in [1.54, 1.807) is 24.7 Å². The van der Waals surface area contributed by atoms with E-state index >= 15 is 0 Å². The van der Waals surface area contributed by atoms with Crippen molar-refractivity contribution in [2.45, 2.75) is 0 Å². The molecule has 0 fully saturated rings. The van der Waals surface area contributed by atoms with Crippen LogP contribution in [0.15, 0.2) is 36.8 Å². The molecule has 0 saturated heterocycles. The Morgan fingerprint density at radius 2 is 2.31 bits per heavy atom. The van der Waals surface area contributed by atoms with Gasteiger partial charge in [-0.15, -0.1) is 0 Å². The highest BCUT2D eigenvalue weighted by Crippen LogP contribution is 2.17. The first-order valence-electron chi connectivity index (χ1n) is 3.89. The molecule has 0 radical (unpaired) electrons. The minimum Gasteiger partial charge on any atom is -0.352 e. The van der Waals surface area contributed by atoms with E-state index in [1.807, 2.05) is 18.2 Å². The average molecular weight is 169 g/mol. The Labute approximate surface area is 75.7 Å². The van der Waals surface area contributed by atoms with Crippen LogP contribution in [-0.2, 0) is 0 Å². The monoisotopic (exact) mass is 169 g/mol. The highest BCUT2D eigenvalue weighted by Gasteiger charge is 1.99. The lowest BCUT2D eigenvalue weighted by Gasteiger charge is -1.92. The minimum atomic E-state index is 0.568. The van der Waals surface area contributed by atoms with Crippen LogP contribution in [0.5, 0.6) is 0 Å². The lowest BCUT2D eigenvalue weighted by Crippen LogP contribution is -1.74. The van der Waals surface area contributed by atoms with Gasteiger partial charge >= 0.3 is 0 Å². The second-order valence-corrected chi connectivity index (χ2v) is 2.66. The highest BCUT2D eigenvalue weighted by atomic mass is 14.7. The average Bonchev–Trinajstić information content (AvgIpc) is 2.67. The molecule has 0 aliphatic heterocycles. The zero-order valence-corrected chi connectivity index (χ0v) is 6.86. The summed E-state index contributed by atoms with van der Waals surface area (Å²) in [7, 11) is 0. The summed E-state index contributed by atoms with van der Waals surface area (Å²) in [5, 5.41) is 8.60. The third-order valence-electron chi connectivity index (χ3n) is 1.80. The first kappa shape index (κ1) is 7.56. The Morgan fingerprint density at radius 3 is 2.92 bits per heavy atom. The number of nitriles is 1. The number of aromatic nitrogens is 2. The third-order valence-corrected chi connectivity index (χ3v) is 1.80. The number of nitrogens with zero attached hydrogens (tertiary/aromatic N) is 2. The summed E-state index contributed by atoms with van der Waals surface area (Å²) in [4.78, 5) is 6.86. The van der Waals surface area contributed by atoms with Crippen molar-refractivity contribution in [1.29, 1.82) is 5.26 Å². The van der Waals surface area contributed by atoms with E-state index in [9.17, 15) is 0 Å². The van der Waals surface area contributed by atoms with Gasteiger partial charge in [-0.2, -0.15) is 5.26 Å². The first-order valence-corrected chi connectivity index (χ1v) is 3.89. The predicted octanol–water partition coefficient (Wildman–Crippen LogP) is 1.95. The van der Waals surface area contributed by atoms with E-state index in [4.69, 9.17) is 5.26 Å². The van der Waals surface area contributed by atoms with Crippen molar-refractivity contribution in [2.24, 2.45) is 0 Å². The van der Waals surface area contributed by atoms with E-state index in [0.29, 0.717) is 5.69 Å². The van der Waals surface area contributed by atoms with Crippen LogP contribution in [-0.4, -0.2) is 9.97 Å². The Balaban J connectivity index is 2.43. The number of nitrogens with one attached hydrogen (secondary N) is 1. The van der Waals surface area contributed by atoms with Crippen LogP contribution in [0, 0.1) is 11.3 Å². The zero-order chi connectivity index (χ0) is 9.10. The maximum atomic E-state index is 8.60. The number of H-pyrrole nitrogens is 1. The van der Waals surface area contributed by atoms with Crippen molar-refractivity contribution in [1.82, 2.24) is 9.97 Å². The van der Waals surface area contributed by atoms with E-state index in [-0.39, 0.29) is 0 Å². The summed E-state index contributed by atoms with van der Waals surface area (Å²) in [5.74, 6) is 0. The maximum absolute atomic E-state index is 8.60. The number of rotatable bonds is 1. The normalized spacial score (nSPS) is 9.46. The number of aromatic amines is 1. The summed E-state index contributed by atoms with van der Waals surface area (Å²) in [5.41, 5.74) is 2.57. The molecule has 0 unspecified atom stereocenters. The number of hydrogen-bond donors (Lipinski definition) is 1. The van der Waals surface area contributed by atoms with Crippen LogP contribution in [0.25, 0.3) is 11.1 Å². The molecule has 2 aromatic rings. The molecule has 2 aromatic heterocycles. The lowest BCUT2D eigenvalue weighted by atomic mass is 10.1. The fourth-order valence-electron chi connectivity index (χ4n) is 1.16. The minimum absolute atomic E-state index is 0.568. The molecule has 0 atom stereocenters. The standard InChI is InChI=1S/C10H7N3/c11-5-10-4-9(7-13-10)8-2-1-3-12-6-8/h1-4,6-7,13H. The van der Waals surface area contributed by atoms with Gasteiger partial charge < -0.3 is 4.98 Å². The lowest BCUT2D eigenvalue weighted by molar-refractivity contribution is 1.32. The van der Waals surface area contributed by atoms with Gasteiger partial charge in [0.25, 0.3) is 0 Å². The van der Waals surface area contributed by atoms with Crippen molar-refractivity contribution in [3.05, 3.63) is 42.5 Å². The molecule has 2 rings (SSSR count). The Morgan fingerprint density at radius 1 is 1.38 bits per heavy atom. The van der Waals surface area contributed by atoms with Gasteiger partial charge in [-0.1, -0.05) is 6.07 Å². The van der Waals surface area contributed by atoms with Gasteiger partial charge in [0.05, 0.1) is 0 Å². The third kappa shape index (κ3) is 1.42. The van der Waals surface area contributed by atoms with Gasteiger partial charge in [-0.25, -0.2) is 0 Å². The molecular weight excluding hydrogens is 162 g/mol. The number of hydrogen-bond acceptors (Lipinski definition) is 2. The van der Waals surface area contributed by atoms with E-state index in [2.05, 4.69) is 9.97 Å². The second kappa shape index (κ2) is 3.11. The molecule has 0 amide bonds. The Kier molecular flexibility index (Phi) is 1.81. The topological polar surface area (TPSA) is 52.5 Å². The Bertz CT molecular complexity index is 437. The van der Waals surface area contributed by atoms with Crippen LogP contribution in [0.3, 0.4) is 0 Å². The van der Waals surface area contributed by atoms with Crippen molar-refractivity contribution in [3.63, 3.8) is 0 Å². The van der Waals surface area contributed by atoms with Gasteiger partial charge in [0, 0.05) is 29.7 Å². The first-order chi connectivity index (χ1) is 6.40. The summed E-state index contributed by atoms with van der Waals surface area (Å²) in [6.07, 6.45) is 5.29. The molecule has 1 N–H and O–H groups in total. The summed E-state index contributed by atoms with van der Waals surface area (Å²) >= 11 is 0. The van der Waals surface area contributed by atoms with Crippen molar-refractivity contribution >= 4 is 0 Å². The van der Waals surface area contributed by atoms with Gasteiger partial charge in [-0.3, -0.25) is 4.98 Å². The molecule has 0 saturated carbocycles. The molecule has 0 aliphatic carbocycles. The molecule has 3 heteroatoms. The van der Waals surface area contributed by atoms with Crippen LogP contribution in [0.1, 0.15) is 5.69 Å². The predicted molar refractivity (Wildman–Crippen MR) is 48.7 cm³/mol. The Hall–Kier alpha value is -2.08. The fourth-order valence-corrected chi connectivity index (χ4v) is 1.16.